The van der Waals surface area contributed by atoms with Crippen molar-refractivity contribution in [1.82, 2.24) is 24.4 Å². The van der Waals surface area contributed by atoms with Crippen LogP contribution in [0.25, 0.3) is 0 Å². The molecule has 0 radical (unpaired) electrons. The Hall–Kier alpha value is -2.64. The molecular formula is C16H21N5O3. The number of hydrogen-bond donors (Lipinski definition) is 2. The lowest BCUT2D eigenvalue weighted by molar-refractivity contribution is 0.0594. The largest absolute Gasteiger partial charge is 0.338 e. The van der Waals surface area contributed by atoms with Crippen LogP contribution in [0.15, 0.2) is 28.0 Å². The molecular weight excluding hydrogens is 310 g/mol. The fourth-order valence-corrected chi connectivity index (χ4v) is 3.24. The first-order valence-corrected chi connectivity index (χ1v) is 8.15. The lowest BCUT2D eigenvalue weighted by Crippen LogP contribution is -2.45. The van der Waals surface area contributed by atoms with E-state index in [9.17, 15) is 14.4 Å². The molecule has 0 aliphatic carbocycles. The summed E-state index contributed by atoms with van der Waals surface area (Å²) >= 11 is 0. The maximum absolute atomic E-state index is 12.7. The highest BCUT2D eigenvalue weighted by Crippen LogP contribution is 2.22. The fraction of sp³-hybridized carbons (Fsp3) is 0.500. The van der Waals surface area contributed by atoms with Gasteiger partial charge in [0.15, 0.2) is 0 Å². The number of carbonyl (C=O) groups excluding carboxylic acids is 1. The van der Waals surface area contributed by atoms with E-state index in [1.807, 2.05) is 17.8 Å². The van der Waals surface area contributed by atoms with Crippen molar-refractivity contribution in [3.63, 3.8) is 0 Å². The molecule has 0 saturated carbocycles. The second-order valence-corrected chi connectivity index (χ2v) is 6.14. The molecule has 3 rings (SSSR count). The Morgan fingerprint density at radius 2 is 2.17 bits per heavy atom. The van der Waals surface area contributed by atoms with Crippen molar-refractivity contribution in [1.29, 1.82) is 0 Å². The summed E-state index contributed by atoms with van der Waals surface area (Å²) in [5.74, 6) is 0.695. The highest BCUT2D eigenvalue weighted by atomic mass is 16.2. The van der Waals surface area contributed by atoms with E-state index in [0.29, 0.717) is 6.54 Å². The normalized spacial score (nSPS) is 17.9. The highest BCUT2D eigenvalue weighted by Gasteiger charge is 2.28. The van der Waals surface area contributed by atoms with E-state index in [1.165, 1.54) is 0 Å². The first-order chi connectivity index (χ1) is 11.5. The van der Waals surface area contributed by atoms with Crippen molar-refractivity contribution in [2.75, 3.05) is 6.54 Å². The molecule has 1 fully saturated rings. The topological polar surface area (TPSA) is 104 Å². The molecule has 8 nitrogen and oxygen atoms in total. The van der Waals surface area contributed by atoms with Gasteiger partial charge >= 0.3 is 5.69 Å². The number of imidazole rings is 1. The van der Waals surface area contributed by atoms with Crippen LogP contribution in [0.1, 0.15) is 42.0 Å². The van der Waals surface area contributed by atoms with Gasteiger partial charge in [-0.25, -0.2) is 9.78 Å². The minimum Gasteiger partial charge on any atom is -0.338 e. The molecule has 8 heteroatoms. The third kappa shape index (κ3) is 3.47. The molecule has 128 valence electrons. The molecule has 0 bridgehead atoms. The van der Waals surface area contributed by atoms with E-state index in [-0.39, 0.29) is 17.6 Å². The molecule has 1 saturated heterocycles. The summed E-state index contributed by atoms with van der Waals surface area (Å²) in [5.41, 5.74) is -1.18. The summed E-state index contributed by atoms with van der Waals surface area (Å²) in [4.78, 5) is 46.2. The molecule has 2 aromatic rings. The minimum atomic E-state index is -0.660. The third-order valence-corrected chi connectivity index (χ3v) is 4.50. The first kappa shape index (κ1) is 16.2. The number of hydrogen-bond acceptors (Lipinski definition) is 4. The average Bonchev–Trinajstić information content (AvgIpc) is 2.97. The smallest absolute Gasteiger partial charge is 0.326 e. The van der Waals surface area contributed by atoms with Crippen LogP contribution in [0.4, 0.5) is 0 Å². The Morgan fingerprint density at radius 1 is 1.33 bits per heavy atom. The van der Waals surface area contributed by atoms with Crippen molar-refractivity contribution in [2.24, 2.45) is 7.05 Å². The minimum absolute atomic E-state index is 0.0487. The predicted octanol–water partition coefficient (Wildman–Crippen LogP) is 0.424. The van der Waals surface area contributed by atoms with Gasteiger partial charge in [0, 0.05) is 44.5 Å². The van der Waals surface area contributed by atoms with Crippen molar-refractivity contribution in [3.8, 4) is 0 Å². The van der Waals surface area contributed by atoms with Gasteiger partial charge in [0.2, 0.25) is 0 Å². The summed E-state index contributed by atoms with van der Waals surface area (Å²) in [7, 11) is 1.95. The van der Waals surface area contributed by atoms with Crippen LogP contribution in [0, 0.1) is 0 Å². The fourth-order valence-electron chi connectivity index (χ4n) is 3.24. The number of aryl methyl sites for hydroxylation is 2. The Kier molecular flexibility index (Phi) is 4.64. The summed E-state index contributed by atoms with van der Waals surface area (Å²) in [6, 6.07) is 1.24. The molecule has 0 spiro atoms. The van der Waals surface area contributed by atoms with E-state index in [0.717, 1.165) is 44.0 Å². The van der Waals surface area contributed by atoms with Gasteiger partial charge in [-0.3, -0.25) is 14.6 Å². The quantitative estimate of drug-likeness (QED) is 0.847. The number of H-pyrrole nitrogens is 2. The van der Waals surface area contributed by atoms with E-state index >= 15 is 0 Å². The third-order valence-electron chi connectivity index (χ3n) is 4.50. The van der Waals surface area contributed by atoms with E-state index in [4.69, 9.17) is 0 Å². The van der Waals surface area contributed by atoms with Crippen molar-refractivity contribution in [2.45, 2.75) is 38.1 Å². The molecule has 3 heterocycles. The van der Waals surface area contributed by atoms with Crippen LogP contribution < -0.4 is 11.2 Å². The number of nitrogens with zero attached hydrogens (tertiary/aromatic N) is 3. The Balaban J connectivity index is 1.76. The molecule has 1 aliphatic heterocycles. The van der Waals surface area contributed by atoms with Gasteiger partial charge in [0.1, 0.15) is 11.5 Å². The zero-order valence-electron chi connectivity index (χ0n) is 13.6. The maximum atomic E-state index is 12.7. The van der Waals surface area contributed by atoms with E-state index < -0.39 is 11.2 Å². The van der Waals surface area contributed by atoms with Crippen molar-refractivity contribution >= 4 is 5.91 Å². The van der Waals surface area contributed by atoms with Crippen molar-refractivity contribution in [3.05, 3.63) is 50.8 Å². The molecule has 1 unspecified atom stereocenters. The maximum Gasteiger partial charge on any atom is 0.326 e. The molecule has 1 atom stereocenters. The number of carbonyl (C=O) groups is 1. The Morgan fingerprint density at radius 3 is 2.88 bits per heavy atom. The first-order valence-electron chi connectivity index (χ1n) is 8.15. The van der Waals surface area contributed by atoms with Crippen molar-refractivity contribution < 1.29 is 4.79 Å². The molecule has 2 aromatic heterocycles. The van der Waals surface area contributed by atoms with Gasteiger partial charge in [-0.1, -0.05) is 0 Å². The SMILES string of the molecule is Cn1ccnc1CCC1CCCCN1C(=O)c1cc(=O)[nH]c(=O)[nH]1. The number of piperidine rings is 1. The Labute approximate surface area is 138 Å². The standard InChI is InChI=1S/C16H21N5O3/c1-20-9-7-17-13(20)6-5-11-4-2-3-8-21(11)15(23)12-10-14(22)19-16(24)18-12/h7,9-11H,2-6,8H2,1H3,(H2,18,19,22,24). The molecule has 2 N–H and O–H groups in total. The van der Waals surface area contributed by atoms with Crippen LogP contribution in [0.5, 0.6) is 0 Å². The summed E-state index contributed by atoms with van der Waals surface area (Å²) in [6.45, 7) is 0.638. The second kappa shape index (κ2) is 6.86. The van der Waals surface area contributed by atoms with Gasteiger partial charge in [-0.2, -0.15) is 0 Å². The average molecular weight is 331 g/mol. The predicted molar refractivity (Wildman–Crippen MR) is 87.9 cm³/mol. The summed E-state index contributed by atoms with van der Waals surface area (Å²) in [5, 5.41) is 0. The molecule has 0 aromatic carbocycles. The van der Waals surface area contributed by atoms with Gasteiger partial charge in [-0.15, -0.1) is 0 Å². The zero-order valence-corrected chi connectivity index (χ0v) is 13.6. The van der Waals surface area contributed by atoms with Gasteiger partial charge in [0.25, 0.3) is 11.5 Å². The zero-order chi connectivity index (χ0) is 17.1. The van der Waals surface area contributed by atoms with Crippen LogP contribution in [-0.2, 0) is 13.5 Å². The summed E-state index contributed by atoms with van der Waals surface area (Å²) in [6.07, 6.45) is 8.18. The van der Waals surface area contributed by atoms with Crippen LogP contribution in [-0.4, -0.2) is 42.9 Å². The monoisotopic (exact) mass is 331 g/mol. The number of nitrogens with one attached hydrogen (secondary N) is 2. The van der Waals surface area contributed by atoms with Crippen LogP contribution in [0.3, 0.4) is 0 Å². The summed E-state index contributed by atoms with van der Waals surface area (Å²) < 4.78 is 1.98. The number of amides is 1. The van der Waals surface area contributed by atoms with Gasteiger partial charge in [0.05, 0.1) is 0 Å². The lowest BCUT2D eigenvalue weighted by Gasteiger charge is -2.35. The van der Waals surface area contributed by atoms with Gasteiger partial charge < -0.3 is 14.5 Å². The van der Waals surface area contributed by atoms with E-state index in [2.05, 4.69) is 15.0 Å². The number of rotatable bonds is 4. The number of likely N-dealkylation sites (tertiary alicyclic amines) is 1. The number of aromatic amines is 2. The molecule has 1 aliphatic rings. The second-order valence-electron chi connectivity index (χ2n) is 6.14. The molecule has 24 heavy (non-hydrogen) atoms. The number of aromatic nitrogens is 4. The van der Waals surface area contributed by atoms with Crippen LogP contribution in [0.2, 0.25) is 0 Å². The molecule has 1 amide bonds. The highest BCUT2D eigenvalue weighted by molar-refractivity contribution is 5.92. The van der Waals surface area contributed by atoms with Gasteiger partial charge in [-0.05, 0) is 25.7 Å². The van der Waals surface area contributed by atoms with Crippen LogP contribution >= 0.6 is 0 Å². The Bertz CT molecular complexity index is 806. The lowest BCUT2D eigenvalue weighted by atomic mass is 9.97. The van der Waals surface area contributed by atoms with E-state index in [1.54, 1.807) is 11.1 Å².